The van der Waals surface area contributed by atoms with E-state index >= 15 is 0 Å². The van der Waals surface area contributed by atoms with Gasteiger partial charge in [0, 0.05) is 32.6 Å². The number of methoxy groups -OCH3 is 1. The first-order valence-electron chi connectivity index (χ1n) is 7.84. The molecule has 2 rings (SSSR count). The predicted octanol–water partition coefficient (Wildman–Crippen LogP) is -0.187. The molecule has 2 aromatic heterocycles. The summed E-state index contributed by atoms with van der Waals surface area (Å²) >= 11 is 0. The van der Waals surface area contributed by atoms with E-state index in [4.69, 9.17) is 9.84 Å². The Labute approximate surface area is 148 Å². The van der Waals surface area contributed by atoms with Gasteiger partial charge in [-0.25, -0.2) is 0 Å². The molecule has 2 amide bonds. The molecule has 0 aromatic carbocycles. The van der Waals surface area contributed by atoms with Gasteiger partial charge in [-0.1, -0.05) is 0 Å². The Kier molecular flexibility index (Phi) is 6.44. The molecule has 2 aromatic rings. The van der Waals surface area contributed by atoms with Crippen molar-refractivity contribution in [3.63, 3.8) is 0 Å². The number of carboxylic acids is 1. The Morgan fingerprint density at radius 1 is 1.23 bits per heavy atom. The fourth-order valence-electron chi connectivity index (χ4n) is 2.09. The summed E-state index contributed by atoms with van der Waals surface area (Å²) in [5.74, 6) is -2.03. The minimum absolute atomic E-state index is 0.0780. The monoisotopic (exact) mass is 364 g/mol. The number of carbonyl (C=O) groups is 3. The van der Waals surface area contributed by atoms with Gasteiger partial charge in [0.2, 0.25) is 0 Å². The molecule has 0 fully saturated rings. The summed E-state index contributed by atoms with van der Waals surface area (Å²) in [6.07, 6.45) is 4.11. The number of aliphatic carboxylic acids is 1. The largest absolute Gasteiger partial charge is 0.480 e. The number of anilines is 1. The molecule has 11 heteroatoms. The molecule has 2 heterocycles. The molecule has 0 unspecified atom stereocenters. The smallest absolute Gasteiger partial charge is 0.325 e. The number of aryl methyl sites for hydroxylation is 1. The second kappa shape index (κ2) is 8.76. The zero-order valence-corrected chi connectivity index (χ0v) is 14.4. The number of ether oxygens (including phenoxy) is 1. The highest BCUT2D eigenvalue weighted by Gasteiger charge is 2.19. The lowest BCUT2D eigenvalue weighted by molar-refractivity contribution is -0.137. The molecule has 0 bridgehead atoms. The molecule has 3 N–H and O–H groups in total. The maximum absolute atomic E-state index is 12.3. The average Bonchev–Trinajstić information content (AvgIpc) is 3.21. The van der Waals surface area contributed by atoms with Crippen molar-refractivity contribution >= 4 is 23.5 Å². The minimum atomic E-state index is -1.07. The van der Waals surface area contributed by atoms with Crippen LogP contribution in [0.5, 0.6) is 0 Å². The SMILES string of the molecule is CCn1cc(NC(=O)c2cnn(CC(=O)O)c2)c(C(=O)NCCOC)n1. The van der Waals surface area contributed by atoms with Crippen LogP contribution < -0.4 is 10.6 Å². The van der Waals surface area contributed by atoms with Crippen LogP contribution in [0.3, 0.4) is 0 Å². The van der Waals surface area contributed by atoms with Crippen molar-refractivity contribution < 1.29 is 24.2 Å². The first-order valence-corrected chi connectivity index (χ1v) is 7.84. The van der Waals surface area contributed by atoms with Gasteiger partial charge in [-0.2, -0.15) is 10.2 Å². The lowest BCUT2D eigenvalue weighted by Crippen LogP contribution is -2.28. The fourth-order valence-corrected chi connectivity index (χ4v) is 2.09. The summed E-state index contributed by atoms with van der Waals surface area (Å²) in [6, 6.07) is 0. The third-order valence-corrected chi connectivity index (χ3v) is 3.33. The van der Waals surface area contributed by atoms with E-state index in [2.05, 4.69) is 20.8 Å². The molecule has 0 saturated heterocycles. The van der Waals surface area contributed by atoms with Crippen molar-refractivity contribution in [2.24, 2.45) is 0 Å². The lowest BCUT2D eigenvalue weighted by Gasteiger charge is -2.05. The summed E-state index contributed by atoms with van der Waals surface area (Å²) < 4.78 is 7.53. The average molecular weight is 364 g/mol. The van der Waals surface area contributed by atoms with Crippen molar-refractivity contribution in [3.8, 4) is 0 Å². The van der Waals surface area contributed by atoms with Gasteiger partial charge in [0.1, 0.15) is 6.54 Å². The van der Waals surface area contributed by atoms with E-state index < -0.39 is 17.8 Å². The Morgan fingerprint density at radius 2 is 2.00 bits per heavy atom. The second-order valence-corrected chi connectivity index (χ2v) is 5.27. The second-order valence-electron chi connectivity index (χ2n) is 5.27. The maximum Gasteiger partial charge on any atom is 0.325 e. The summed E-state index contributed by atoms with van der Waals surface area (Å²) in [7, 11) is 1.52. The van der Waals surface area contributed by atoms with Gasteiger partial charge in [0.25, 0.3) is 11.8 Å². The molecule has 0 aliphatic carbocycles. The Hall–Kier alpha value is -3.21. The fraction of sp³-hybridized carbons (Fsp3) is 0.400. The van der Waals surface area contributed by atoms with Crippen LogP contribution in [0.25, 0.3) is 0 Å². The van der Waals surface area contributed by atoms with E-state index in [0.717, 1.165) is 4.68 Å². The quantitative estimate of drug-likeness (QED) is 0.524. The van der Waals surface area contributed by atoms with Crippen LogP contribution in [-0.4, -0.2) is 62.7 Å². The highest BCUT2D eigenvalue weighted by molar-refractivity contribution is 6.08. The molecule has 0 aliphatic rings. The normalized spacial score (nSPS) is 10.5. The summed E-state index contributed by atoms with van der Waals surface area (Å²) in [5, 5.41) is 21.9. The maximum atomic E-state index is 12.3. The van der Waals surface area contributed by atoms with E-state index in [-0.39, 0.29) is 23.5 Å². The Morgan fingerprint density at radius 3 is 2.65 bits per heavy atom. The Bertz CT molecular complexity index is 796. The first kappa shape index (κ1) is 19.1. The van der Waals surface area contributed by atoms with Crippen LogP contribution in [0.1, 0.15) is 27.8 Å². The number of aromatic nitrogens is 4. The molecule has 26 heavy (non-hydrogen) atoms. The highest BCUT2D eigenvalue weighted by Crippen LogP contribution is 2.15. The Balaban J connectivity index is 2.13. The minimum Gasteiger partial charge on any atom is -0.480 e. The van der Waals surface area contributed by atoms with E-state index in [1.54, 1.807) is 6.20 Å². The van der Waals surface area contributed by atoms with E-state index in [1.165, 1.54) is 24.2 Å². The molecular formula is C15H20N6O5. The van der Waals surface area contributed by atoms with Crippen LogP contribution in [0.2, 0.25) is 0 Å². The van der Waals surface area contributed by atoms with E-state index in [0.29, 0.717) is 19.7 Å². The number of carboxylic acid groups (broad SMARTS) is 1. The van der Waals surface area contributed by atoms with Crippen molar-refractivity contribution in [1.82, 2.24) is 24.9 Å². The number of nitrogens with zero attached hydrogens (tertiary/aromatic N) is 4. The first-order chi connectivity index (χ1) is 12.4. The summed E-state index contributed by atoms with van der Waals surface area (Å²) in [6.45, 7) is 2.68. The van der Waals surface area contributed by atoms with Gasteiger partial charge in [0.15, 0.2) is 5.69 Å². The van der Waals surface area contributed by atoms with Gasteiger partial charge in [-0.15, -0.1) is 0 Å². The van der Waals surface area contributed by atoms with Crippen LogP contribution >= 0.6 is 0 Å². The van der Waals surface area contributed by atoms with Gasteiger partial charge in [0.05, 0.1) is 24.1 Å². The van der Waals surface area contributed by atoms with Crippen molar-refractivity contribution in [1.29, 1.82) is 0 Å². The molecule has 140 valence electrons. The van der Waals surface area contributed by atoms with Gasteiger partial charge < -0.3 is 20.5 Å². The van der Waals surface area contributed by atoms with Crippen molar-refractivity contribution in [2.75, 3.05) is 25.6 Å². The molecule has 0 aliphatic heterocycles. The zero-order valence-electron chi connectivity index (χ0n) is 14.4. The molecule has 0 saturated carbocycles. The lowest BCUT2D eigenvalue weighted by atomic mass is 10.3. The third kappa shape index (κ3) is 4.89. The number of carbonyl (C=O) groups excluding carboxylic acids is 2. The topological polar surface area (TPSA) is 140 Å². The molecule has 0 radical (unpaired) electrons. The van der Waals surface area contributed by atoms with Crippen LogP contribution in [0.4, 0.5) is 5.69 Å². The van der Waals surface area contributed by atoms with Crippen molar-refractivity contribution in [2.45, 2.75) is 20.0 Å². The highest BCUT2D eigenvalue weighted by atomic mass is 16.5. The van der Waals surface area contributed by atoms with Crippen LogP contribution in [0, 0.1) is 0 Å². The number of amides is 2. The number of hydrogen-bond donors (Lipinski definition) is 3. The van der Waals surface area contributed by atoms with E-state index in [9.17, 15) is 14.4 Å². The number of hydrogen-bond acceptors (Lipinski definition) is 6. The molecule has 11 nitrogen and oxygen atoms in total. The summed E-state index contributed by atoms with van der Waals surface area (Å²) in [4.78, 5) is 35.3. The summed E-state index contributed by atoms with van der Waals surface area (Å²) in [5.41, 5.74) is 0.494. The van der Waals surface area contributed by atoms with Crippen LogP contribution in [0.15, 0.2) is 18.6 Å². The van der Waals surface area contributed by atoms with Gasteiger partial charge in [-0.05, 0) is 6.92 Å². The van der Waals surface area contributed by atoms with Crippen LogP contribution in [-0.2, 0) is 22.6 Å². The van der Waals surface area contributed by atoms with Gasteiger partial charge >= 0.3 is 5.97 Å². The van der Waals surface area contributed by atoms with Crippen molar-refractivity contribution in [3.05, 3.63) is 29.8 Å². The van der Waals surface area contributed by atoms with E-state index in [1.807, 2.05) is 6.92 Å². The number of nitrogens with one attached hydrogen (secondary N) is 2. The predicted molar refractivity (Wildman–Crippen MR) is 89.9 cm³/mol. The molecular weight excluding hydrogens is 344 g/mol. The third-order valence-electron chi connectivity index (χ3n) is 3.33. The van der Waals surface area contributed by atoms with Gasteiger partial charge in [-0.3, -0.25) is 23.7 Å². The zero-order chi connectivity index (χ0) is 19.1. The standard InChI is InChI=1S/C15H20N6O5/c1-3-20-8-11(13(19-20)15(25)16-4-5-26-2)18-14(24)10-6-17-21(7-10)9-12(22)23/h6-8H,3-5,9H2,1-2H3,(H,16,25)(H,18,24)(H,22,23). The number of rotatable bonds is 9. The molecule has 0 atom stereocenters. The molecule has 0 spiro atoms.